The van der Waals surface area contributed by atoms with Crippen molar-refractivity contribution in [1.29, 1.82) is 0 Å². The van der Waals surface area contributed by atoms with E-state index in [1.807, 2.05) is 0 Å². The van der Waals surface area contributed by atoms with Gasteiger partial charge in [-0.05, 0) is 45.0 Å². The predicted molar refractivity (Wildman–Crippen MR) is 103 cm³/mol. The van der Waals surface area contributed by atoms with Crippen LogP contribution in [0.2, 0.25) is 0 Å². The summed E-state index contributed by atoms with van der Waals surface area (Å²) in [6.45, 7) is 5.43. The zero-order valence-corrected chi connectivity index (χ0v) is 16.8. The zero-order valence-electron chi connectivity index (χ0n) is 16.0. The fraction of sp³-hybridized carbons (Fsp3) is 0.368. The van der Waals surface area contributed by atoms with E-state index < -0.39 is 18.5 Å². The van der Waals surface area contributed by atoms with Crippen LogP contribution in [0.25, 0.3) is 10.6 Å². The van der Waals surface area contributed by atoms with Crippen LogP contribution in [-0.2, 0) is 14.3 Å². The highest BCUT2D eigenvalue weighted by Gasteiger charge is 2.21. The van der Waals surface area contributed by atoms with Gasteiger partial charge in [-0.1, -0.05) is 0 Å². The van der Waals surface area contributed by atoms with Crippen LogP contribution in [-0.4, -0.2) is 53.9 Å². The fourth-order valence-corrected chi connectivity index (χ4v) is 3.35. The lowest BCUT2D eigenvalue weighted by atomic mass is 10.2. The molecule has 0 aliphatic heterocycles. The van der Waals surface area contributed by atoms with Crippen molar-refractivity contribution >= 4 is 29.1 Å². The molecule has 2 rings (SSSR count). The number of aryl methyl sites for hydroxylation is 1. The van der Waals surface area contributed by atoms with Crippen LogP contribution < -0.4 is 5.32 Å². The second-order valence-electron chi connectivity index (χ2n) is 5.88. The summed E-state index contributed by atoms with van der Waals surface area (Å²) in [5.74, 6) is -1.75. The monoisotopic (exact) mass is 407 g/mol. The van der Waals surface area contributed by atoms with Crippen molar-refractivity contribution in [3.8, 4) is 10.6 Å². The first kappa shape index (κ1) is 21.5. The van der Waals surface area contributed by atoms with E-state index in [0.717, 1.165) is 11.3 Å². The molecule has 2 amide bonds. The Morgan fingerprint density at radius 1 is 1.21 bits per heavy atom. The molecule has 9 heteroatoms. The highest BCUT2D eigenvalue weighted by Crippen LogP contribution is 2.28. The van der Waals surface area contributed by atoms with Gasteiger partial charge in [0.1, 0.15) is 15.7 Å². The van der Waals surface area contributed by atoms with Gasteiger partial charge in [0.15, 0.2) is 6.61 Å². The number of thiazole rings is 1. The standard InChI is InChI=1S/C19H22FN3O4S/c1-4-21-15(24)10-23(5-2)16(25)11-27-19(26)17-12(3)22-18(28-17)13-6-8-14(20)9-7-13/h6-9H,4-5,10-11H2,1-3H3,(H,21,24). The highest BCUT2D eigenvalue weighted by molar-refractivity contribution is 7.17. The maximum atomic E-state index is 13.1. The maximum absolute atomic E-state index is 13.1. The largest absolute Gasteiger partial charge is 0.451 e. The Labute approximate surface area is 166 Å². The first-order valence-corrected chi connectivity index (χ1v) is 9.62. The summed E-state index contributed by atoms with van der Waals surface area (Å²) < 4.78 is 18.2. The third kappa shape index (κ3) is 5.59. The second-order valence-corrected chi connectivity index (χ2v) is 6.88. The molecule has 1 N–H and O–H groups in total. The molecule has 0 saturated carbocycles. The Balaban J connectivity index is 2.00. The first-order chi connectivity index (χ1) is 13.3. The molecule has 1 aromatic heterocycles. The van der Waals surface area contributed by atoms with Gasteiger partial charge in [-0.15, -0.1) is 11.3 Å². The number of hydrogen-bond donors (Lipinski definition) is 1. The molecule has 0 aliphatic carbocycles. The van der Waals surface area contributed by atoms with E-state index in [9.17, 15) is 18.8 Å². The smallest absolute Gasteiger partial charge is 0.350 e. The topological polar surface area (TPSA) is 88.6 Å². The van der Waals surface area contributed by atoms with Crippen LogP contribution in [0, 0.1) is 12.7 Å². The minimum absolute atomic E-state index is 0.0883. The van der Waals surface area contributed by atoms with Gasteiger partial charge in [-0.25, -0.2) is 14.2 Å². The Bertz CT molecular complexity index is 851. The molecule has 7 nitrogen and oxygen atoms in total. The Hall–Kier alpha value is -2.81. The van der Waals surface area contributed by atoms with Crippen molar-refractivity contribution in [3.05, 3.63) is 40.7 Å². The van der Waals surface area contributed by atoms with E-state index in [2.05, 4.69) is 10.3 Å². The molecular weight excluding hydrogens is 385 g/mol. The van der Waals surface area contributed by atoms with E-state index in [0.29, 0.717) is 29.4 Å². The van der Waals surface area contributed by atoms with Crippen molar-refractivity contribution in [2.75, 3.05) is 26.2 Å². The number of aromatic nitrogens is 1. The van der Waals surface area contributed by atoms with Crippen molar-refractivity contribution in [2.45, 2.75) is 20.8 Å². The van der Waals surface area contributed by atoms with Gasteiger partial charge in [0.2, 0.25) is 5.91 Å². The minimum Gasteiger partial charge on any atom is -0.451 e. The maximum Gasteiger partial charge on any atom is 0.350 e. The first-order valence-electron chi connectivity index (χ1n) is 8.80. The summed E-state index contributed by atoms with van der Waals surface area (Å²) >= 11 is 1.11. The Morgan fingerprint density at radius 2 is 1.89 bits per heavy atom. The van der Waals surface area contributed by atoms with Crippen molar-refractivity contribution in [1.82, 2.24) is 15.2 Å². The van der Waals surface area contributed by atoms with Crippen molar-refractivity contribution in [2.24, 2.45) is 0 Å². The van der Waals surface area contributed by atoms with E-state index in [-0.39, 0.29) is 23.1 Å². The van der Waals surface area contributed by atoms with Crippen molar-refractivity contribution < 1.29 is 23.5 Å². The summed E-state index contributed by atoms with van der Waals surface area (Å²) in [5, 5.41) is 3.17. The molecule has 0 atom stereocenters. The number of carbonyl (C=O) groups is 3. The molecule has 0 aliphatic rings. The molecule has 1 aromatic carbocycles. The van der Waals surface area contributed by atoms with Gasteiger partial charge in [-0.2, -0.15) is 0 Å². The SMILES string of the molecule is CCNC(=O)CN(CC)C(=O)COC(=O)c1sc(-c2ccc(F)cc2)nc1C. The quantitative estimate of drug-likeness (QED) is 0.679. The van der Waals surface area contributed by atoms with Crippen LogP contribution in [0.15, 0.2) is 24.3 Å². The summed E-state index contributed by atoms with van der Waals surface area (Å²) in [7, 11) is 0. The molecule has 2 aromatic rings. The van der Waals surface area contributed by atoms with Crippen LogP contribution >= 0.6 is 11.3 Å². The average Bonchev–Trinajstić information content (AvgIpc) is 3.06. The van der Waals surface area contributed by atoms with E-state index in [1.54, 1.807) is 32.9 Å². The summed E-state index contributed by atoms with van der Waals surface area (Å²) in [5.41, 5.74) is 1.15. The average molecular weight is 407 g/mol. The Morgan fingerprint density at radius 3 is 2.50 bits per heavy atom. The number of amides is 2. The molecule has 150 valence electrons. The number of rotatable bonds is 8. The highest BCUT2D eigenvalue weighted by atomic mass is 32.1. The number of carbonyl (C=O) groups excluding carboxylic acids is 3. The van der Waals surface area contributed by atoms with Gasteiger partial charge in [-0.3, -0.25) is 9.59 Å². The molecular formula is C19H22FN3O4S. The number of nitrogens with one attached hydrogen (secondary N) is 1. The molecule has 1 heterocycles. The number of ether oxygens (including phenoxy) is 1. The molecule has 0 bridgehead atoms. The minimum atomic E-state index is -0.661. The van der Waals surface area contributed by atoms with Crippen LogP contribution in [0.1, 0.15) is 29.2 Å². The van der Waals surface area contributed by atoms with Gasteiger partial charge in [0.25, 0.3) is 5.91 Å². The van der Waals surface area contributed by atoms with Gasteiger partial charge < -0.3 is 15.0 Å². The van der Waals surface area contributed by atoms with E-state index in [1.165, 1.54) is 17.0 Å². The second kappa shape index (κ2) is 9.93. The number of halogens is 1. The third-order valence-corrected chi connectivity index (χ3v) is 5.03. The lowest BCUT2D eigenvalue weighted by molar-refractivity contribution is -0.138. The zero-order chi connectivity index (χ0) is 20.7. The normalized spacial score (nSPS) is 10.4. The molecule has 28 heavy (non-hydrogen) atoms. The van der Waals surface area contributed by atoms with Crippen molar-refractivity contribution in [3.63, 3.8) is 0 Å². The molecule has 0 spiro atoms. The Kier molecular flexibility index (Phi) is 7.62. The lowest BCUT2D eigenvalue weighted by Gasteiger charge is -2.19. The van der Waals surface area contributed by atoms with E-state index in [4.69, 9.17) is 4.74 Å². The summed E-state index contributed by atoms with van der Waals surface area (Å²) in [4.78, 5) is 42.1. The van der Waals surface area contributed by atoms with Crippen LogP contribution in [0.4, 0.5) is 4.39 Å². The third-order valence-electron chi connectivity index (χ3n) is 3.84. The lowest BCUT2D eigenvalue weighted by Crippen LogP contribution is -2.42. The molecule has 0 saturated heterocycles. The number of likely N-dealkylation sites (N-methyl/N-ethyl adjacent to an activating group) is 2. The summed E-state index contributed by atoms with van der Waals surface area (Å²) in [6.07, 6.45) is 0. The van der Waals surface area contributed by atoms with Crippen LogP contribution in [0.3, 0.4) is 0 Å². The molecule has 0 fully saturated rings. The number of esters is 1. The fourth-order valence-electron chi connectivity index (χ4n) is 2.39. The van der Waals surface area contributed by atoms with E-state index >= 15 is 0 Å². The molecule has 0 radical (unpaired) electrons. The van der Waals surface area contributed by atoms with Gasteiger partial charge >= 0.3 is 5.97 Å². The van der Waals surface area contributed by atoms with Gasteiger partial charge in [0, 0.05) is 18.7 Å². The predicted octanol–water partition coefficient (Wildman–Crippen LogP) is 2.40. The van der Waals surface area contributed by atoms with Gasteiger partial charge in [0.05, 0.1) is 12.2 Å². The number of nitrogens with zero attached hydrogens (tertiary/aromatic N) is 2. The van der Waals surface area contributed by atoms with Crippen LogP contribution in [0.5, 0.6) is 0 Å². The number of benzene rings is 1. The number of hydrogen-bond acceptors (Lipinski definition) is 6. The molecule has 0 unspecified atom stereocenters. The summed E-state index contributed by atoms with van der Waals surface area (Å²) in [6, 6.07) is 5.78.